The van der Waals surface area contributed by atoms with Gasteiger partial charge in [0.05, 0.1) is 7.11 Å². The van der Waals surface area contributed by atoms with Crippen molar-refractivity contribution in [2.24, 2.45) is 0 Å². The number of H-pyrrole nitrogens is 1. The zero-order valence-corrected chi connectivity index (χ0v) is 18.1. The Balaban J connectivity index is 1.34. The van der Waals surface area contributed by atoms with Crippen LogP contribution in [0.25, 0.3) is 10.9 Å². The van der Waals surface area contributed by atoms with Gasteiger partial charge in [0.1, 0.15) is 5.75 Å². The molecular formula is C28H30N2O. The van der Waals surface area contributed by atoms with Crippen molar-refractivity contribution < 1.29 is 4.74 Å². The van der Waals surface area contributed by atoms with E-state index in [2.05, 4.69) is 89.3 Å². The molecule has 0 amide bonds. The Hall–Kier alpha value is -3.04. The fourth-order valence-electron chi connectivity index (χ4n) is 5.11. The summed E-state index contributed by atoms with van der Waals surface area (Å²) in [5.41, 5.74) is 6.93. The monoisotopic (exact) mass is 410 g/mol. The molecule has 4 aromatic rings. The van der Waals surface area contributed by atoms with Crippen molar-refractivity contribution in [3.63, 3.8) is 0 Å². The summed E-state index contributed by atoms with van der Waals surface area (Å²) in [5.74, 6) is 1.43. The predicted octanol–water partition coefficient (Wildman–Crippen LogP) is 5.65. The van der Waals surface area contributed by atoms with Gasteiger partial charge < -0.3 is 15.0 Å². The number of aryl methyl sites for hydroxylation is 1. The predicted molar refractivity (Wildman–Crippen MR) is 128 cm³/mol. The summed E-state index contributed by atoms with van der Waals surface area (Å²) in [5, 5.41) is 5.26. The molecule has 0 fully saturated rings. The molecule has 5 rings (SSSR count). The number of ether oxygens (including phenoxy) is 1. The number of hydrogen-bond donors (Lipinski definition) is 2. The number of benzene rings is 3. The average Bonchev–Trinajstić information content (AvgIpc) is 3.24. The number of aromatic amines is 1. The molecule has 0 aliphatic heterocycles. The Morgan fingerprint density at radius 3 is 2.71 bits per heavy atom. The molecule has 0 spiro atoms. The summed E-state index contributed by atoms with van der Waals surface area (Å²) in [7, 11) is 1.75. The van der Waals surface area contributed by atoms with Crippen LogP contribution in [0.5, 0.6) is 5.75 Å². The maximum atomic E-state index is 5.48. The molecule has 0 radical (unpaired) electrons. The van der Waals surface area contributed by atoms with Gasteiger partial charge in [-0.15, -0.1) is 0 Å². The zero-order chi connectivity index (χ0) is 21.0. The van der Waals surface area contributed by atoms with Crippen LogP contribution in [0.3, 0.4) is 0 Å². The highest BCUT2D eigenvalue weighted by molar-refractivity contribution is 5.83. The SMILES string of the molecule is COc1ccc2c(c1)CC[C@@H](NCCc1c[nH]c3ccccc13)[C@H]2Cc1ccccc1. The number of para-hydroxylation sites is 1. The normalized spacial score (nSPS) is 18.1. The van der Waals surface area contributed by atoms with Crippen molar-refractivity contribution in [2.75, 3.05) is 13.7 Å². The van der Waals surface area contributed by atoms with Crippen LogP contribution in [0.15, 0.2) is 79.0 Å². The molecule has 0 bridgehead atoms. The van der Waals surface area contributed by atoms with E-state index < -0.39 is 0 Å². The summed E-state index contributed by atoms with van der Waals surface area (Å²) >= 11 is 0. The second kappa shape index (κ2) is 8.99. The van der Waals surface area contributed by atoms with Crippen LogP contribution in [0.1, 0.15) is 34.6 Å². The first-order chi connectivity index (χ1) is 15.3. The number of rotatable bonds is 7. The third-order valence-corrected chi connectivity index (χ3v) is 6.73. The van der Waals surface area contributed by atoms with E-state index in [1.807, 2.05) is 0 Å². The van der Waals surface area contributed by atoms with E-state index in [9.17, 15) is 0 Å². The second-order valence-corrected chi connectivity index (χ2v) is 8.57. The lowest BCUT2D eigenvalue weighted by molar-refractivity contribution is 0.382. The van der Waals surface area contributed by atoms with Gasteiger partial charge in [0, 0.05) is 29.1 Å². The van der Waals surface area contributed by atoms with Crippen LogP contribution in [0.2, 0.25) is 0 Å². The van der Waals surface area contributed by atoms with Crippen molar-refractivity contribution in [1.29, 1.82) is 0 Å². The quantitative estimate of drug-likeness (QED) is 0.413. The summed E-state index contributed by atoms with van der Waals surface area (Å²) < 4.78 is 5.48. The van der Waals surface area contributed by atoms with Crippen LogP contribution < -0.4 is 10.1 Å². The third-order valence-electron chi connectivity index (χ3n) is 6.73. The van der Waals surface area contributed by atoms with Crippen molar-refractivity contribution in [2.45, 2.75) is 37.6 Å². The first-order valence-corrected chi connectivity index (χ1v) is 11.3. The number of nitrogens with one attached hydrogen (secondary N) is 2. The summed E-state index contributed by atoms with van der Waals surface area (Å²) in [6.07, 6.45) is 6.52. The fraction of sp³-hybridized carbons (Fsp3) is 0.286. The second-order valence-electron chi connectivity index (χ2n) is 8.57. The van der Waals surface area contributed by atoms with Crippen LogP contribution in [0, 0.1) is 0 Å². The van der Waals surface area contributed by atoms with Crippen molar-refractivity contribution >= 4 is 10.9 Å². The molecule has 0 saturated heterocycles. The number of aromatic nitrogens is 1. The van der Waals surface area contributed by atoms with Gasteiger partial charge in [0.15, 0.2) is 0 Å². The molecule has 0 unspecified atom stereocenters. The van der Waals surface area contributed by atoms with Crippen molar-refractivity contribution in [1.82, 2.24) is 10.3 Å². The van der Waals surface area contributed by atoms with Gasteiger partial charge in [0.2, 0.25) is 0 Å². The molecule has 3 nitrogen and oxygen atoms in total. The number of hydrogen-bond acceptors (Lipinski definition) is 2. The van der Waals surface area contributed by atoms with Crippen LogP contribution in [-0.4, -0.2) is 24.7 Å². The van der Waals surface area contributed by atoms with Gasteiger partial charge in [-0.3, -0.25) is 0 Å². The smallest absolute Gasteiger partial charge is 0.119 e. The minimum absolute atomic E-state index is 0.472. The molecule has 1 aliphatic rings. The van der Waals surface area contributed by atoms with Gasteiger partial charge in [-0.2, -0.15) is 0 Å². The Bertz CT molecular complexity index is 1150. The van der Waals surface area contributed by atoms with Gasteiger partial charge in [-0.1, -0.05) is 54.6 Å². The lowest BCUT2D eigenvalue weighted by Crippen LogP contribution is -2.40. The molecule has 158 valence electrons. The molecule has 1 heterocycles. The molecule has 31 heavy (non-hydrogen) atoms. The molecule has 3 aromatic carbocycles. The highest BCUT2D eigenvalue weighted by Gasteiger charge is 2.29. The average molecular weight is 411 g/mol. The molecule has 3 heteroatoms. The first-order valence-electron chi connectivity index (χ1n) is 11.3. The van der Waals surface area contributed by atoms with Gasteiger partial charge in [-0.05, 0) is 72.7 Å². The molecular weight excluding hydrogens is 380 g/mol. The van der Waals surface area contributed by atoms with E-state index in [0.717, 1.165) is 38.0 Å². The topological polar surface area (TPSA) is 37.0 Å². The molecule has 1 aromatic heterocycles. The van der Waals surface area contributed by atoms with Gasteiger partial charge >= 0.3 is 0 Å². The van der Waals surface area contributed by atoms with E-state index >= 15 is 0 Å². The molecule has 2 N–H and O–H groups in total. The Labute approximate surface area is 184 Å². The van der Waals surface area contributed by atoms with Gasteiger partial charge in [-0.25, -0.2) is 0 Å². The maximum absolute atomic E-state index is 5.48. The highest BCUT2D eigenvalue weighted by atomic mass is 16.5. The Morgan fingerprint density at radius 1 is 1.00 bits per heavy atom. The molecule has 0 saturated carbocycles. The Morgan fingerprint density at radius 2 is 1.84 bits per heavy atom. The Kier molecular flexibility index (Phi) is 5.77. The molecule has 2 atom stereocenters. The minimum atomic E-state index is 0.472. The highest BCUT2D eigenvalue weighted by Crippen LogP contribution is 2.36. The maximum Gasteiger partial charge on any atom is 0.119 e. The molecule has 1 aliphatic carbocycles. The lowest BCUT2D eigenvalue weighted by atomic mass is 9.76. The standard InChI is InChI=1S/C28H30N2O/c1-31-23-12-13-24-21(18-23)11-14-28(26(24)17-20-7-3-2-4-8-20)29-16-15-22-19-30-27-10-6-5-9-25(22)27/h2-10,12-13,18-19,26,28-30H,11,14-17H2,1H3/t26-,28+/m0/s1. The van der Waals surface area contributed by atoms with Crippen LogP contribution in [-0.2, 0) is 19.3 Å². The summed E-state index contributed by atoms with van der Waals surface area (Å²) in [6, 6.07) is 26.6. The van der Waals surface area contributed by atoms with E-state index in [0.29, 0.717) is 12.0 Å². The lowest BCUT2D eigenvalue weighted by Gasteiger charge is -2.35. The van der Waals surface area contributed by atoms with Crippen LogP contribution in [0.4, 0.5) is 0 Å². The van der Waals surface area contributed by atoms with Gasteiger partial charge in [0.25, 0.3) is 0 Å². The number of methoxy groups -OCH3 is 1. The summed E-state index contributed by atoms with van der Waals surface area (Å²) in [6.45, 7) is 0.989. The van der Waals surface area contributed by atoms with Crippen molar-refractivity contribution in [3.05, 3.63) is 101 Å². The first kappa shape index (κ1) is 19.9. The van der Waals surface area contributed by atoms with E-state index in [1.54, 1.807) is 7.11 Å². The van der Waals surface area contributed by atoms with E-state index in [1.165, 1.54) is 33.2 Å². The van der Waals surface area contributed by atoms with E-state index in [4.69, 9.17) is 4.74 Å². The zero-order valence-electron chi connectivity index (χ0n) is 18.1. The summed E-state index contributed by atoms with van der Waals surface area (Å²) in [4.78, 5) is 3.40. The van der Waals surface area contributed by atoms with Crippen LogP contribution >= 0.6 is 0 Å². The number of fused-ring (bicyclic) bond motifs is 2. The minimum Gasteiger partial charge on any atom is -0.497 e. The van der Waals surface area contributed by atoms with E-state index in [-0.39, 0.29) is 0 Å². The largest absolute Gasteiger partial charge is 0.497 e. The van der Waals surface area contributed by atoms with Crippen molar-refractivity contribution in [3.8, 4) is 5.75 Å². The fourth-order valence-corrected chi connectivity index (χ4v) is 5.11. The third kappa shape index (κ3) is 4.24.